The van der Waals surface area contributed by atoms with E-state index >= 15 is 4.57 Å². The van der Waals surface area contributed by atoms with Crippen molar-refractivity contribution in [3.05, 3.63) is 163 Å². The fourth-order valence-electron chi connectivity index (χ4n) is 6.01. The summed E-state index contributed by atoms with van der Waals surface area (Å²) in [7, 11) is -1.36. The number of nitrogens with zero attached hydrogens (tertiary/aromatic N) is 1. The topological polar surface area (TPSA) is 82.0 Å². The van der Waals surface area contributed by atoms with Gasteiger partial charge >= 0.3 is 11.9 Å². The van der Waals surface area contributed by atoms with Crippen LogP contribution in [0.15, 0.2) is 168 Å². The van der Waals surface area contributed by atoms with Crippen LogP contribution in [0.1, 0.15) is 0 Å². The lowest BCUT2D eigenvalue weighted by Crippen LogP contribution is -2.32. The Morgan fingerprint density at radius 3 is 1.37 bits per heavy atom. The Bertz CT molecular complexity index is 1970. The number of esters is 2. The van der Waals surface area contributed by atoms with Crippen LogP contribution in [-0.2, 0) is 23.6 Å². The van der Waals surface area contributed by atoms with Crippen LogP contribution >= 0.6 is 14.0 Å². The zero-order valence-corrected chi connectivity index (χ0v) is 27.1. The van der Waals surface area contributed by atoms with E-state index in [1.54, 1.807) is 12.1 Å². The first kappa shape index (κ1) is 31.0. The second kappa shape index (κ2) is 13.1. The third-order valence-electron chi connectivity index (χ3n) is 7.93. The summed E-state index contributed by atoms with van der Waals surface area (Å²) in [6.07, 6.45) is 0. The molecule has 0 aromatic heterocycles. The number of benzene rings is 5. The molecule has 1 heterocycles. The maximum absolute atomic E-state index is 16.7. The third kappa shape index (κ3) is 5.10. The lowest BCUT2D eigenvalue weighted by Gasteiger charge is -2.33. The Balaban J connectivity index is 1.99. The minimum atomic E-state index is -3.91. The van der Waals surface area contributed by atoms with Crippen LogP contribution < -0.4 is 21.2 Å². The molecule has 0 fully saturated rings. The van der Waals surface area contributed by atoms with E-state index < -0.39 is 26.0 Å². The van der Waals surface area contributed by atoms with Gasteiger partial charge in [-0.1, -0.05) is 140 Å². The number of aliphatic imine (C=N–C) groups is 1. The highest BCUT2D eigenvalue weighted by Crippen LogP contribution is 2.68. The SMILES string of the molecule is COC(=O)C1=C(C(=O)OC)P(c2ccccc2)(c2ccccc2)=C(P(=O)(c2ccccc2)c2ccccc2)C1=Nc1ccccc1. The summed E-state index contributed by atoms with van der Waals surface area (Å²) in [6, 6.07) is 46.6. The Morgan fingerprint density at radius 1 is 0.565 bits per heavy atom. The number of carbonyl (C=O) groups is 2. The predicted molar refractivity (Wildman–Crippen MR) is 188 cm³/mol. The molecule has 1 aliphatic rings. The number of hydrogen-bond acceptors (Lipinski definition) is 6. The highest BCUT2D eigenvalue weighted by molar-refractivity contribution is 8.14. The van der Waals surface area contributed by atoms with Crippen molar-refractivity contribution in [1.29, 1.82) is 0 Å². The zero-order chi connectivity index (χ0) is 32.1. The van der Waals surface area contributed by atoms with Crippen LogP contribution in [0.5, 0.6) is 0 Å². The molecule has 0 unspecified atom stereocenters. The van der Waals surface area contributed by atoms with Gasteiger partial charge in [-0.25, -0.2) is 14.6 Å². The molecule has 0 saturated heterocycles. The summed E-state index contributed by atoms with van der Waals surface area (Å²) in [5.41, 5.74) is 0.617. The van der Waals surface area contributed by atoms with E-state index in [0.717, 1.165) is 10.6 Å². The number of ether oxygens (including phenoxy) is 2. The maximum Gasteiger partial charge on any atom is 0.341 e. The van der Waals surface area contributed by atoms with Crippen molar-refractivity contribution in [3.63, 3.8) is 0 Å². The van der Waals surface area contributed by atoms with E-state index in [4.69, 9.17) is 14.5 Å². The van der Waals surface area contributed by atoms with Gasteiger partial charge in [0.1, 0.15) is 5.57 Å². The van der Waals surface area contributed by atoms with Crippen molar-refractivity contribution in [2.24, 2.45) is 4.99 Å². The van der Waals surface area contributed by atoms with Gasteiger partial charge in [-0.05, 0) is 29.6 Å². The van der Waals surface area contributed by atoms with Crippen molar-refractivity contribution in [2.75, 3.05) is 14.2 Å². The van der Waals surface area contributed by atoms with Crippen LogP contribution in [0.2, 0.25) is 0 Å². The molecule has 0 aliphatic carbocycles. The van der Waals surface area contributed by atoms with E-state index in [1.165, 1.54) is 14.2 Å². The molecule has 0 atom stereocenters. The normalized spacial score (nSPS) is 15.1. The standard InChI is InChI=1S/C38H31NO5P2/c1-43-36(40)33-34(39-28-18-8-3-9-19-28)38(46(42,31-24-14-6-15-25-31)32-26-16-7-17-27-32)45(35(33)37(41)44-2,29-20-10-4-11-21-29)30-22-12-5-13-23-30/h3-27H,1-2H3. The Kier molecular flexibility index (Phi) is 8.85. The van der Waals surface area contributed by atoms with Crippen molar-refractivity contribution in [3.8, 4) is 0 Å². The van der Waals surface area contributed by atoms with Crippen molar-refractivity contribution in [2.45, 2.75) is 0 Å². The van der Waals surface area contributed by atoms with E-state index in [2.05, 4.69) is 0 Å². The molecular weight excluding hydrogens is 612 g/mol. The first-order valence-electron chi connectivity index (χ1n) is 14.6. The predicted octanol–water partition coefficient (Wildman–Crippen LogP) is 6.19. The van der Waals surface area contributed by atoms with E-state index in [-0.39, 0.29) is 16.6 Å². The Labute approximate surface area is 268 Å². The smallest absolute Gasteiger partial charge is 0.341 e. The largest absolute Gasteiger partial charge is 0.465 e. The van der Waals surface area contributed by atoms with Crippen molar-refractivity contribution >= 4 is 63.6 Å². The fourth-order valence-corrected chi connectivity index (χ4v) is 15.9. The lowest BCUT2D eigenvalue weighted by atomic mass is 10.1. The quantitative estimate of drug-likeness (QED) is 0.149. The fraction of sp³-hybridized carbons (Fsp3) is 0.0526. The van der Waals surface area contributed by atoms with Crippen LogP contribution in [0, 0.1) is 0 Å². The van der Waals surface area contributed by atoms with Gasteiger partial charge in [0.2, 0.25) is 0 Å². The van der Waals surface area contributed by atoms with Crippen molar-refractivity contribution in [1.82, 2.24) is 0 Å². The summed E-state index contributed by atoms with van der Waals surface area (Å²) < 4.78 is 27.6. The summed E-state index contributed by atoms with van der Waals surface area (Å²) in [5.74, 6) is -1.49. The summed E-state index contributed by atoms with van der Waals surface area (Å²) >= 11 is 0. The van der Waals surface area contributed by atoms with Crippen LogP contribution in [0.4, 0.5) is 5.69 Å². The Hall–Kier alpha value is -5.02. The molecule has 0 radical (unpaired) electrons. The molecule has 0 amide bonds. The number of carbonyl (C=O) groups excluding carboxylic acids is 2. The van der Waals surface area contributed by atoms with Gasteiger partial charge in [0.15, 0.2) is 7.14 Å². The van der Waals surface area contributed by atoms with Gasteiger partial charge < -0.3 is 14.0 Å². The molecule has 0 N–H and O–H groups in total. The van der Waals surface area contributed by atoms with Gasteiger partial charge in [-0.15, -0.1) is 0 Å². The first-order chi connectivity index (χ1) is 22.5. The molecule has 46 heavy (non-hydrogen) atoms. The van der Waals surface area contributed by atoms with E-state index in [1.807, 2.05) is 140 Å². The van der Waals surface area contributed by atoms with Gasteiger partial charge in [0.05, 0.1) is 36.0 Å². The average Bonchev–Trinajstić information content (AvgIpc) is 3.44. The molecule has 0 bridgehead atoms. The molecule has 5 aromatic carbocycles. The average molecular weight is 644 g/mol. The van der Waals surface area contributed by atoms with E-state index in [0.29, 0.717) is 21.3 Å². The maximum atomic E-state index is 16.7. The number of para-hydroxylation sites is 1. The van der Waals surface area contributed by atoms with Gasteiger partial charge in [0.25, 0.3) is 0 Å². The molecular formula is C38H31NO5P2. The van der Waals surface area contributed by atoms with Gasteiger partial charge in [0, 0.05) is 10.6 Å². The Morgan fingerprint density at radius 2 is 0.957 bits per heavy atom. The first-order valence-corrected chi connectivity index (χ1v) is 18.1. The second-order valence-electron chi connectivity index (χ2n) is 10.4. The minimum absolute atomic E-state index is 0.0543. The lowest BCUT2D eigenvalue weighted by molar-refractivity contribution is -0.138. The highest BCUT2D eigenvalue weighted by Gasteiger charge is 2.54. The molecule has 6 nitrogen and oxygen atoms in total. The third-order valence-corrected chi connectivity index (χ3v) is 16.6. The number of rotatable bonds is 8. The molecule has 1 aliphatic heterocycles. The minimum Gasteiger partial charge on any atom is -0.465 e. The second-order valence-corrected chi connectivity index (χ2v) is 16.8. The van der Waals surface area contributed by atoms with E-state index in [9.17, 15) is 9.59 Å². The summed E-state index contributed by atoms with van der Waals surface area (Å²) in [5, 5.41) is 3.04. The van der Waals surface area contributed by atoms with Gasteiger partial charge in [-0.3, -0.25) is 0 Å². The van der Waals surface area contributed by atoms with Crippen LogP contribution in [0.3, 0.4) is 0 Å². The monoisotopic (exact) mass is 643 g/mol. The molecule has 8 heteroatoms. The van der Waals surface area contributed by atoms with Crippen LogP contribution in [0.25, 0.3) is 0 Å². The molecule has 6 rings (SSSR count). The molecule has 5 aromatic rings. The number of methoxy groups -OCH3 is 2. The zero-order valence-electron chi connectivity index (χ0n) is 25.3. The van der Waals surface area contributed by atoms with Crippen molar-refractivity contribution < 1.29 is 23.6 Å². The summed E-state index contributed by atoms with van der Waals surface area (Å²) in [6.45, 7) is -3.49. The van der Waals surface area contributed by atoms with Crippen LogP contribution in [-0.4, -0.2) is 36.9 Å². The molecule has 0 saturated carbocycles. The summed E-state index contributed by atoms with van der Waals surface area (Å²) in [4.78, 5) is 33.5. The molecule has 0 spiro atoms. The highest BCUT2D eigenvalue weighted by atomic mass is 31.2. The number of hydrogen-bond donors (Lipinski definition) is 0. The molecule has 228 valence electrons. The van der Waals surface area contributed by atoms with Gasteiger partial charge in [-0.2, -0.15) is 0 Å².